The van der Waals surface area contributed by atoms with Gasteiger partial charge < -0.3 is 23.7 Å². The quantitative estimate of drug-likeness (QED) is 0.463. The highest BCUT2D eigenvalue weighted by Crippen LogP contribution is 2.33. The van der Waals surface area contributed by atoms with Crippen molar-refractivity contribution in [1.82, 2.24) is 9.47 Å². The van der Waals surface area contributed by atoms with E-state index in [1.54, 1.807) is 25.0 Å². The molecule has 1 aromatic heterocycles. The van der Waals surface area contributed by atoms with Crippen molar-refractivity contribution in [1.29, 1.82) is 0 Å². The Balaban J connectivity index is 2.04. The molecule has 1 amide bonds. The molecule has 170 valence electrons. The Labute approximate surface area is 188 Å². The Bertz CT molecular complexity index is 1080. The van der Waals surface area contributed by atoms with E-state index in [-0.39, 0.29) is 5.91 Å². The average Bonchev–Trinajstić information content (AvgIpc) is 3.19. The fourth-order valence-corrected chi connectivity index (χ4v) is 4.02. The summed E-state index contributed by atoms with van der Waals surface area (Å²) in [5.41, 5.74) is 5.03. The van der Waals surface area contributed by atoms with Crippen LogP contribution < -0.4 is 4.74 Å². The second-order valence-electron chi connectivity index (χ2n) is 7.55. The van der Waals surface area contributed by atoms with Crippen molar-refractivity contribution < 1.29 is 23.8 Å². The lowest BCUT2D eigenvalue weighted by molar-refractivity contribution is -0.136. The normalized spacial score (nSPS) is 15.1. The summed E-state index contributed by atoms with van der Waals surface area (Å²) < 4.78 is 17.7. The van der Waals surface area contributed by atoms with Crippen LogP contribution in [0.25, 0.3) is 11.8 Å². The number of ether oxygens (including phenoxy) is 3. The van der Waals surface area contributed by atoms with Gasteiger partial charge in [0.15, 0.2) is 0 Å². The van der Waals surface area contributed by atoms with E-state index in [9.17, 15) is 9.59 Å². The Morgan fingerprint density at radius 1 is 1.09 bits per heavy atom. The molecule has 1 aromatic carbocycles. The van der Waals surface area contributed by atoms with E-state index in [1.807, 2.05) is 51.1 Å². The predicted octanol–water partition coefficient (Wildman–Crippen LogP) is 3.81. The van der Waals surface area contributed by atoms with Gasteiger partial charge in [-0.15, -0.1) is 0 Å². The van der Waals surface area contributed by atoms with Crippen molar-refractivity contribution in [2.24, 2.45) is 0 Å². The lowest BCUT2D eigenvalue weighted by Crippen LogP contribution is -2.28. The lowest BCUT2D eigenvalue weighted by atomic mass is 10.0. The first-order valence-corrected chi connectivity index (χ1v) is 10.6. The number of hydrogen-bond acceptors (Lipinski definition) is 5. The number of amides is 1. The molecule has 0 saturated carbocycles. The minimum Gasteiger partial charge on any atom is -0.494 e. The second kappa shape index (κ2) is 9.87. The SMILES string of the molecule is CCOc1ccc(-n2c(C)cc(C=C3C(=O)N(CCOC)C(C)=C3C(=O)OC)c2C)cc1. The van der Waals surface area contributed by atoms with Crippen molar-refractivity contribution >= 4 is 18.0 Å². The number of aromatic nitrogens is 1. The van der Waals surface area contributed by atoms with E-state index in [0.29, 0.717) is 36.6 Å². The Hall–Kier alpha value is -3.32. The number of allylic oxidation sites excluding steroid dienone is 1. The highest BCUT2D eigenvalue weighted by molar-refractivity contribution is 6.16. The van der Waals surface area contributed by atoms with Crippen LogP contribution in [-0.4, -0.2) is 55.3 Å². The van der Waals surface area contributed by atoms with Gasteiger partial charge in [0, 0.05) is 36.4 Å². The van der Waals surface area contributed by atoms with Gasteiger partial charge in [-0.1, -0.05) is 0 Å². The first-order chi connectivity index (χ1) is 15.3. The van der Waals surface area contributed by atoms with Gasteiger partial charge >= 0.3 is 5.97 Å². The predicted molar refractivity (Wildman–Crippen MR) is 123 cm³/mol. The summed E-state index contributed by atoms with van der Waals surface area (Å²) in [7, 11) is 2.90. The molecule has 2 heterocycles. The van der Waals surface area contributed by atoms with Crippen LogP contribution in [0.3, 0.4) is 0 Å². The van der Waals surface area contributed by atoms with Crippen LogP contribution in [0.2, 0.25) is 0 Å². The zero-order chi connectivity index (χ0) is 23.4. The number of carbonyl (C=O) groups excluding carboxylic acids is 2. The van der Waals surface area contributed by atoms with Crippen molar-refractivity contribution in [3.05, 3.63) is 64.1 Å². The molecule has 7 nitrogen and oxygen atoms in total. The zero-order valence-corrected chi connectivity index (χ0v) is 19.5. The molecule has 0 fully saturated rings. The molecule has 0 bridgehead atoms. The van der Waals surface area contributed by atoms with E-state index in [2.05, 4.69) is 4.57 Å². The van der Waals surface area contributed by atoms with Crippen LogP contribution in [0.5, 0.6) is 5.75 Å². The van der Waals surface area contributed by atoms with E-state index in [1.165, 1.54) is 7.11 Å². The van der Waals surface area contributed by atoms with Gasteiger partial charge in [-0.05, 0) is 69.7 Å². The first-order valence-electron chi connectivity index (χ1n) is 10.6. The van der Waals surface area contributed by atoms with E-state index in [0.717, 1.165) is 28.4 Å². The van der Waals surface area contributed by atoms with Crippen LogP contribution in [0, 0.1) is 13.8 Å². The van der Waals surface area contributed by atoms with E-state index >= 15 is 0 Å². The third-order valence-corrected chi connectivity index (χ3v) is 5.60. The number of hydrogen-bond donors (Lipinski definition) is 0. The molecule has 7 heteroatoms. The molecule has 0 aliphatic carbocycles. The van der Waals surface area contributed by atoms with Crippen molar-refractivity contribution in [2.45, 2.75) is 27.7 Å². The highest BCUT2D eigenvalue weighted by Gasteiger charge is 2.37. The Morgan fingerprint density at radius 3 is 2.38 bits per heavy atom. The zero-order valence-electron chi connectivity index (χ0n) is 19.5. The highest BCUT2D eigenvalue weighted by atomic mass is 16.5. The number of carbonyl (C=O) groups is 2. The standard InChI is InChI=1S/C25H30N2O5/c1-7-32-21-10-8-20(9-11-21)27-16(2)14-19(17(27)3)15-22-23(25(29)31-6)18(4)26(24(22)28)12-13-30-5/h8-11,14-15H,7,12-13H2,1-6H3. The van der Waals surface area contributed by atoms with Crippen LogP contribution >= 0.6 is 0 Å². The van der Waals surface area contributed by atoms with Crippen LogP contribution in [-0.2, 0) is 19.1 Å². The third kappa shape index (κ3) is 4.34. The van der Waals surface area contributed by atoms with Gasteiger partial charge in [0.1, 0.15) is 5.75 Å². The molecule has 0 spiro atoms. The van der Waals surface area contributed by atoms with Gasteiger partial charge in [-0.25, -0.2) is 4.79 Å². The Morgan fingerprint density at radius 2 is 1.78 bits per heavy atom. The minimum absolute atomic E-state index is 0.231. The summed E-state index contributed by atoms with van der Waals surface area (Å²) in [6.45, 7) is 9.06. The molecule has 1 aliphatic rings. The monoisotopic (exact) mass is 438 g/mol. The fraction of sp³-hybridized carbons (Fsp3) is 0.360. The molecule has 0 saturated heterocycles. The number of methoxy groups -OCH3 is 2. The maximum atomic E-state index is 13.2. The van der Waals surface area contributed by atoms with E-state index in [4.69, 9.17) is 14.2 Å². The van der Waals surface area contributed by atoms with Crippen LogP contribution in [0.1, 0.15) is 30.8 Å². The number of esters is 1. The minimum atomic E-state index is -0.526. The summed E-state index contributed by atoms with van der Waals surface area (Å²) in [5.74, 6) is 0.0604. The molecule has 3 rings (SSSR count). The largest absolute Gasteiger partial charge is 0.494 e. The third-order valence-electron chi connectivity index (χ3n) is 5.60. The molecule has 0 radical (unpaired) electrons. The summed E-state index contributed by atoms with van der Waals surface area (Å²) in [6, 6.07) is 9.88. The van der Waals surface area contributed by atoms with Crippen molar-refractivity contribution in [2.75, 3.05) is 34.0 Å². The molecule has 2 aromatic rings. The van der Waals surface area contributed by atoms with Crippen molar-refractivity contribution in [3.8, 4) is 11.4 Å². The summed E-state index contributed by atoms with van der Waals surface area (Å²) >= 11 is 0. The maximum Gasteiger partial charge on any atom is 0.340 e. The molecule has 0 atom stereocenters. The number of nitrogens with zero attached hydrogens (tertiary/aromatic N) is 2. The molecular formula is C25H30N2O5. The second-order valence-corrected chi connectivity index (χ2v) is 7.55. The summed E-state index contributed by atoms with van der Waals surface area (Å²) in [6.07, 6.45) is 1.78. The van der Waals surface area contributed by atoms with E-state index < -0.39 is 5.97 Å². The molecule has 1 aliphatic heterocycles. The van der Waals surface area contributed by atoms with Crippen LogP contribution in [0.15, 0.2) is 47.2 Å². The van der Waals surface area contributed by atoms with Gasteiger partial charge in [0.05, 0.1) is 31.5 Å². The molecule has 0 N–H and O–H groups in total. The lowest BCUT2D eigenvalue weighted by Gasteiger charge is -2.16. The number of benzene rings is 1. The average molecular weight is 439 g/mol. The fourth-order valence-electron chi connectivity index (χ4n) is 4.02. The summed E-state index contributed by atoms with van der Waals surface area (Å²) in [4.78, 5) is 27.2. The summed E-state index contributed by atoms with van der Waals surface area (Å²) in [5, 5.41) is 0. The van der Waals surface area contributed by atoms with Gasteiger partial charge in [-0.3, -0.25) is 4.79 Å². The molecule has 0 unspecified atom stereocenters. The van der Waals surface area contributed by atoms with Crippen molar-refractivity contribution in [3.63, 3.8) is 0 Å². The first kappa shape index (κ1) is 23.3. The van der Waals surface area contributed by atoms with Gasteiger partial charge in [0.2, 0.25) is 0 Å². The molecule has 32 heavy (non-hydrogen) atoms. The maximum absolute atomic E-state index is 13.2. The smallest absolute Gasteiger partial charge is 0.340 e. The number of aryl methyl sites for hydroxylation is 1. The Kier molecular flexibility index (Phi) is 7.20. The molecular weight excluding hydrogens is 408 g/mol. The van der Waals surface area contributed by atoms with Gasteiger partial charge in [-0.2, -0.15) is 0 Å². The number of rotatable bonds is 8. The van der Waals surface area contributed by atoms with Gasteiger partial charge in [0.25, 0.3) is 5.91 Å². The topological polar surface area (TPSA) is 70.0 Å². The van der Waals surface area contributed by atoms with Crippen LogP contribution in [0.4, 0.5) is 0 Å².